The van der Waals surface area contributed by atoms with Gasteiger partial charge in [0.05, 0.1) is 6.04 Å². The van der Waals surface area contributed by atoms with Crippen molar-refractivity contribution in [2.24, 2.45) is 0 Å². The highest BCUT2D eigenvalue weighted by Crippen LogP contribution is 2.18. The molecule has 0 aromatic carbocycles. The Morgan fingerprint density at radius 3 is 2.20 bits per heavy atom. The van der Waals surface area contributed by atoms with Crippen molar-refractivity contribution in [2.45, 2.75) is 18.9 Å². The summed E-state index contributed by atoms with van der Waals surface area (Å²) in [5.41, 5.74) is 3.00. The summed E-state index contributed by atoms with van der Waals surface area (Å²) in [5.74, 6) is 0. The SMILES string of the molecule is O[N]C1CC1. The predicted octanol–water partition coefficient (Wildman–Crippen LogP) is 0.142. The van der Waals surface area contributed by atoms with Crippen molar-refractivity contribution in [2.75, 3.05) is 0 Å². The zero-order valence-electron chi connectivity index (χ0n) is 2.89. The Kier molecular flexibility index (Phi) is 0.596. The zero-order valence-corrected chi connectivity index (χ0v) is 2.89. The summed E-state index contributed by atoms with van der Waals surface area (Å²) in [7, 11) is 0. The second-order valence-electron chi connectivity index (χ2n) is 1.35. The molecule has 1 aliphatic rings. The van der Waals surface area contributed by atoms with E-state index in [1.807, 2.05) is 0 Å². The molecule has 2 heteroatoms. The van der Waals surface area contributed by atoms with Crippen molar-refractivity contribution < 1.29 is 5.21 Å². The van der Waals surface area contributed by atoms with Gasteiger partial charge in [0.25, 0.3) is 0 Å². The molecule has 5 heavy (non-hydrogen) atoms. The topological polar surface area (TPSA) is 34.3 Å². The van der Waals surface area contributed by atoms with Crippen molar-refractivity contribution >= 4 is 0 Å². The van der Waals surface area contributed by atoms with Crippen molar-refractivity contribution in [3.63, 3.8) is 0 Å². The van der Waals surface area contributed by atoms with E-state index < -0.39 is 0 Å². The molecule has 0 atom stereocenters. The lowest BCUT2D eigenvalue weighted by molar-refractivity contribution is 0.149. The van der Waals surface area contributed by atoms with Gasteiger partial charge in [0.1, 0.15) is 0 Å². The molecule has 29 valence electrons. The lowest BCUT2D eigenvalue weighted by Gasteiger charge is -1.74. The Hall–Kier alpha value is -0.0800. The molecule has 1 N–H and O–H groups in total. The maximum absolute atomic E-state index is 7.83. The molecule has 1 saturated carbocycles. The Morgan fingerprint density at radius 1 is 1.60 bits per heavy atom. The Labute approximate surface area is 30.8 Å². The van der Waals surface area contributed by atoms with Crippen LogP contribution in [0.3, 0.4) is 0 Å². The molecule has 1 radical (unpaired) electrons. The summed E-state index contributed by atoms with van der Waals surface area (Å²) in [6.07, 6.45) is 2.19. The molecular weight excluding hydrogens is 66.0 g/mol. The summed E-state index contributed by atoms with van der Waals surface area (Å²) >= 11 is 0. The molecule has 2 nitrogen and oxygen atoms in total. The molecule has 0 aliphatic heterocycles. The fourth-order valence-electron chi connectivity index (χ4n) is 0.190. The standard InChI is InChI=1S/C3H6NO/c5-4-3-1-2-3/h3,5H,1-2H2. The van der Waals surface area contributed by atoms with Gasteiger partial charge in [0.2, 0.25) is 0 Å². The summed E-state index contributed by atoms with van der Waals surface area (Å²) < 4.78 is 0. The fourth-order valence-corrected chi connectivity index (χ4v) is 0.190. The van der Waals surface area contributed by atoms with Gasteiger partial charge in [-0.3, -0.25) is 5.21 Å². The maximum Gasteiger partial charge on any atom is 0.0536 e. The minimum absolute atomic E-state index is 0.315. The van der Waals surface area contributed by atoms with E-state index in [1.54, 1.807) is 0 Å². The van der Waals surface area contributed by atoms with E-state index >= 15 is 0 Å². The van der Waals surface area contributed by atoms with Gasteiger partial charge < -0.3 is 0 Å². The number of hydrogen-bond donors (Lipinski definition) is 1. The minimum Gasteiger partial charge on any atom is -0.297 e. The van der Waals surface area contributed by atoms with Crippen molar-refractivity contribution in [1.82, 2.24) is 5.48 Å². The minimum atomic E-state index is 0.315. The Bertz CT molecular complexity index is 33.9. The van der Waals surface area contributed by atoms with Crippen LogP contribution in [0.5, 0.6) is 0 Å². The van der Waals surface area contributed by atoms with Crippen molar-refractivity contribution in [3.05, 3.63) is 0 Å². The number of hydroxylamine groups is 1. The van der Waals surface area contributed by atoms with E-state index in [-0.39, 0.29) is 0 Å². The molecule has 0 aromatic heterocycles. The molecule has 0 saturated heterocycles. The van der Waals surface area contributed by atoms with Gasteiger partial charge in [0, 0.05) is 0 Å². The summed E-state index contributed by atoms with van der Waals surface area (Å²) in [5, 5.41) is 7.83. The van der Waals surface area contributed by atoms with Gasteiger partial charge >= 0.3 is 0 Å². The summed E-state index contributed by atoms with van der Waals surface area (Å²) in [6, 6.07) is 0.315. The summed E-state index contributed by atoms with van der Waals surface area (Å²) in [4.78, 5) is 0. The first-order valence-electron chi connectivity index (χ1n) is 1.77. The number of nitrogens with zero attached hydrogens (tertiary/aromatic N) is 1. The van der Waals surface area contributed by atoms with Crippen LogP contribution in [0.2, 0.25) is 0 Å². The van der Waals surface area contributed by atoms with E-state index in [4.69, 9.17) is 5.21 Å². The van der Waals surface area contributed by atoms with Gasteiger partial charge in [-0.25, -0.2) is 0 Å². The molecule has 0 unspecified atom stereocenters. The van der Waals surface area contributed by atoms with E-state index in [2.05, 4.69) is 5.48 Å². The second kappa shape index (κ2) is 0.954. The number of rotatable bonds is 1. The van der Waals surface area contributed by atoms with Gasteiger partial charge in [0.15, 0.2) is 0 Å². The third kappa shape index (κ3) is 0.597. The van der Waals surface area contributed by atoms with Crippen LogP contribution in [0.25, 0.3) is 0 Å². The van der Waals surface area contributed by atoms with Crippen LogP contribution in [0.4, 0.5) is 0 Å². The quantitative estimate of drug-likeness (QED) is 0.439. The summed E-state index contributed by atoms with van der Waals surface area (Å²) in [6.45, 7) is 0. The molecule has 1 rings (SSSR count). The predicted molar refractivity (Wildman–Crippen MR) is 16.9 cm³/mol. The van der Waals surface area contributed by atoms with Gasteiger partial charge in [-0.1, -0.05) is 5.48 Å². The molecule has 0 amide bonds. The van der Waals surface area contributed by atoms with Crippen molar-refractivity contribution in [1.29, 1.82) is 0 Å². The first-order valence-corrected chi connectivity index (χ1v) is 1.77. The highest BCUT2D eigenvalue weighted by atomic mass is 16.5. The van der Waals surface area contributed by atoms with Crippen LogP contribution >= 0.6 is 0 Å². The highest BCUT2D eigenvalue weighted by molar-refractivity contribution is 4.75. The van der Waals surface area contributed by atoms with Crippen LogP contribution in [0.15, 0.2) is 0 Å². The van der Waals surface area contributed by atoms with Gasteiger partial charge in [-0.15, -0.1) is 0 Å². The van der Waals surface area contributed by atoms with Crippen LogP contribution in [0.1, 0.15) is 12.8 Å². The van der Waals surface area contributed by atoms with Crippen LogP contribution < -0.4 is 5.48 Å². The molecule has 0 aromatic rings. The monoisotopic (exact) mass is 72.0 g/mol. The molecular formula is C3H6NO. The first-order chi connectivity index (χ1) is 2.43. The highest BCUT2D eigenvalue weighted by Gasteiger charge is 2.20. The fraction of sp³-hybridized carbons (Fsp3) is 1.00. The van der Waals surface area contributed by atoms with E-state index in [1.165, 1.54) is 0 Å². The molecule has 1 aliphatic carbocycles. The largest absolute Gasteiger partial charge is 0.297 e. The Morgan fingerprint density at radius 2 is 2.20 bits per heavy atom. The van der Waals surface area contributed by atoms with Gasteiger partial charge in [-0.05, 0) is 12.8 Å². The number of hydrogen-bond acceptors (Lipinski definition) is 1. The normalized spacial score (nSPS) is 23.4. The maximum atomic E-state index is 7.83. The van der Waals surface area contributed by atoms with E-state index in [0.717, 1.165) is 12.8 Å². The first kappa shape index (κ1) is 3.12. The molecule has 0 bridgehead atoms. The van der Waals surface area contributed by atoms with Crippen LogP contribution in [-0.4, -0.2) is 11.2 Å². The van der Waals surface area contributed by atoms with E-state index in [9.17, 15) is 0 Å². The molecule has 0 heterocycles. The second-order valence-corrected chi connectivity index (χ2v) is 1.35. The average Bonchev–Trinajstić information content (AvgIpc) is 2.12. The van der Waals surface area contributed by atoms with Crippen LogP contribution in [0, 0.1) is 0 Å². The molecule has 1 fully saturated rings. The zero-order chi connectivity index (χ0) is 3.70. The lowest BCUT2D eigenvalue weighted by atomic mass is 10.8. The molecule has 0 spiro atoms. The van der Waals surface area contributed by atoms with Crippen LogP contribution in [-0.2, 0) is 0 Å². The third-order valence-corrected chi connectivity index (χ3v) is 0.710. The van der Waals surface area contributed by atoms with E-state index in [0.29, 0.717) is 6.04 Å². The average molecular weight is 72.1 g/mol. The Balaban J connectivity index is 2.00. The lowest BCUT2D eigenvalue weighted by Crippen LogP contribution is -1.97. The smallest absolute Gasteiger partial charge is 0.0536 e. The van der Waals surface area contributed by atoms with Crippen molar-refractivity contribution in [3.8, 4) is 0 Å². The van der Waals surface area contributed by atoms with Gasteiger partial charge in [-0.2, -0.15) is 0 Å². The third-order valence-electron chi connectivity index (χ3n) is 0.710.